The zero-order valence-electron chi connectivity index (χ0n) is 10.3. The molecule has 0 bridgehead atoms. The molecule has 1 nitrogen and oxygen atoms in total. The van der Waals surface area contributed by atoms with Crippen molar-refractivity contribution in [1.82, 2.24) is 4.98 Å². The van der Waals surface area contributed by atoms with E-state index in [1.807, 2.05) is 36.4 Å². The molecule has 3 aromatic rings. The fourth-order valence-electron chi connectivity index (χ4n) is 2.03. The molecule has 0 saturated carbocycles. The van der Waals surface area contributed by atoms with Crippen LogP contribution in [0.15, 0.2) is 46.9 Å². The summed E-state index contributed by atoms with van der Waals surface area (Å²) >= 11 is 15.1. The van der Waals surface area contributed by atoms with Gasteiger partial charge in [-0.25, -0.2) is 4.98 Å². The summed E-state index contributed by atoms with van der Waals surface area (Å²) in [6, 6.07) is 14.1. The third kappa shape index (κ3) is 3.08. The number of thiazole rings is 1. The zero-order valence-corrected chi connectivity index (χ0v) is 15.1. The summed E-state index contributed by atoms with van der Waals surface area (Å²) in [4.78, 5) is 4.86. The maximum Gasteiger partial charge on any atom is 0.0953 e. The number of hydrogen-bond donors (Lipinski definition) is 0. The van der Waals surface area contributed by atoms with Gasteiger partial charge >= 0.3 is 0 Å². The minimum Gasteiger partial charge on any atom is -0.241 e. The number of nitrogens with zero attached hydrogens (tertiary/aromatic N) is 1. The quantitative estimate of drug-likeness (QED) is 0.438. The van der Waals surface area contributed by atoms with E-state index in [-0.39, 0.29) is 4.83 Å². The fraction of sp³-hybridized carbons (Fsp3) is 0.133. The number of para-hydroxylation sites is 1. The van der Waals surface area contributed by atoms with E-state index >= 15 is 0 Å². The normalized spacial score (nSPS) is 12.8. The first-order valence-electron chi connectivity index (χ1n) is 6.07. The van der Waals surface area contributed by atoms with Crippen molar-refractivity contribution in [1.29, 1.82) is 0 Å². The summed E-state index contributed by atoms with van der Waals surface area (Å²) in [7, 11) is 0. The lowest BCUT2D eigenvalue weighted by atomic mass is 10.1. The predicted molar refractivity (Wildman–Crippen MR) is 94.1 cm³/mol. The van der Waals surface area contributed by atoms with Gasteiger partial charge in [-0.15, -0.1) is 11.3 Å². The van der Waals surface area contributed by atoms with Crippen molar-refractivity contribution in [2.24, 2.45) is 0 Å². The minimum absolute atomic E-state index is 0.191. The zero-order chi connectivity index (χ0) is 14.1. The maximum atomic E-state index is 6.07. The molecule has 3 rings (SSSR count). The molecule has 5 heteroatoms. The highest BCUT2D eigenvalue weighted by atomic mass is 79.9. The molecule has 0 aliphatic heterocycles. The van der Waals surface area contributed by atoms with Gasteiger partial charge in [0.1, 0.15) is 0 Å². The van der Waals surface area contributed by atoms with E-state index in [0.29, 0.717) is 0 Å². The van der Waals surface area contributed by atoms with Crippen LogP contribution in [0.25, 0.3) is 10.2 Å². The number of benzene rings is 2. The van der Waals surface area contributed by atoms with Crippen LogP contribution in [0.2, 0.25) is 5.02 Å². The van der Waals surface area contributed by atoms with Crippen molar-refractivity contribution in [2.45, 2.75) is 11.2 Å². The molecule has 0 aliphatic rings. The molecule has 1 aromatic heterocycles. The molecule has 0 saturated heterocycles. The number of rotatable bonds is 3. The Kier molecular flexibility index (Phi) is 4.46. The summed E-state index contributed by atoms with van der Waals surface area (Å²) in [6.07, 6.45) is 0.846. The van der Waals surface area contributed by atoms with Gasteiger partial charge in [0, 0.05) is 20.7 Å². The van der Waals surface area contributed by atoms with Crippen LogP contribution < -0.4 is 0 Å². The Morgan fingerprint density at radius 3 is 2.80 bits per heavy atom. The number of fused-ring (bicyclic) bond motifs is 1. The van der Waals surface area contributed by atoms with E-state index in [1.54, 1.807) is 11.3 Å². The summed E-state index contributed by atoms with van der Waals surface area (Å²) in [6.45, 7) is 0. The van der Waals surface area contributed by atoms with Crippen molar-refractivity contribution in [3.63, 3.8) is 0 Å². The lowest BCUT2D eigenvalue weighted by molar-refractivity contribution is 0.933. The molecule has 0 amide bonds. The lowest BCUT2D eigenvalue weighted by Crippen LogP contribution is -1.96. The third-order valence-electron chi connectivity index (χ3n) is 2.99. The van der Waals surface area contributed by atoms with Crippen LogP contribution in [0.4, 0.5) is 0 Å². The molecule has 20 heavy (non-hydrogen) atoms. The first-order valence-corrected chi connectivity index (χ1v) is 8.97. The van der Waals surface area contributed by atoms with E-state index < -0.39 is 0 Å². The van der Waals surface area contributed by atoms with Gasteiger partial charge in [0.05, 0.1) is 15.2 Å². The molecule has 1 unspecified atom stereocenters. The van der Waals surface area contributed by atoms with E-state index in [9.17, 15) is 0 Å². The predicted octanol–water partition coefficient (Wildman–Crippen LogP) is 6.39. The van der Waals surface area contributed by atoms with Crippen LogP contribution in [0.5, 0.6) is 0 Å². The second-order valence-electron chi connectivity index (χ2n) is 4.41. The molecule has 0 spiro atoms. The molecular formula is C15H10Br2ClNS. The Balaban J connectivity index is 1.88. The van der Waals surface area contributed by atoms with Crippen LogP contribution in [0.3, 0.4) is 0 Å². The highest BCUT2D eigenvalue weighted by molar-refractivity contribution is 9.11. The smallest absolute Gasteiger partial charge is 0.0953 e. The van der Waals surface area contributed by atoms with E-state index in [0.717, 1.165) is 32.0 Å². The van der Waals surface area contributed by atoms with Crippen LogP contribution in [0.1, 0.15) is 15.4 Å². The summed E-state index contributed by atoms with van der Waals surface area (Å²) in [5, 5.41) is 1.87. The standard InChI is InChI=1S/C15H10Br2ClNS/c16-11-6-5-9(18)7-10(11)12(17)8-15-19-13-3-1-2-4-14(13)20-15/h1-7,12H,8H2. The molecule has 2 aromatic carbocycles. The minimum atomic E-state index is 0.191. The average molecular weight is 432 g/mol. The SMILES string of the molecule is Clc1ccc(Br)c(C(Br)Cc2nc3ccccc3s2)c1. The largest absolute Gasteiger partial charge is 0.241 e. The third-order valence-corrected chi connectivity index (χ3v) is 5.82. The van der Waals surface area contributed by atoms with Crippen LogP contribution in [-0.4, -0.2) is 4.98 Å². The van der Waals surface area contributed by atoms with Crippen molar-refractivity contribution in [2.75, 3.05) is 0 Å². The molecule has 0 aliphatic carbocycles. The second-order valence-corrected chi connectivity index (χ2v) is 7.92. The van der Waals surface area contributed by atoms with Gasteiger partial charge in [0.25, 0.3) is 0 Å². The highest BCUT2D eigenvalue weighted by Gasteiger charge is 2.15. The first-order chi connectivity index (χ1) is 9.63. The highest BCUT2D eigenvalue weighted by Crippen LogP contribution is 2.35. The molecule has 0 radical (unpaired) electrons. The van der Waals surface area contributed by atoms with Crippen molar-refractivity contribution >= 4 is 65.0 Å². The Morgan fingerprint density at radius 1 is 1.20 bits per heavy atom. The van der Waals surface area contributed by atoms with Gasteiger partial charge in [-0.05, 0) is 35.9 Å². The fourth-order valence-corrected chi connectivity index (χ4v) is 4.95. The number of halogens is 3. The maximum absolute atomic E-state index is 6.07. The Bertz CT molecular complexity index is 723. The monoisotopic (exact) mass is 429 g/mol. The van der Waals surface area contributed by atoms with Crippen LogP contribution >= 0.6 is 54.8 Å². The van der Waals surface area contributed by atoms with Gasteiger partial charge in [-0.3, -0.25) is 0 Å². The topological polar surface area (TPSA) is 12.9 Å². The second kappa shape index (κ2) is 6.14. The van der Waals surface area contributed by atoms with Crippen molar-refractivity contribution < 1.29 is 0 Å². The molecule has 1 heterocycles. The van der Waals surface area contributed by atoms with Crippen molar-refractivity contribution in [3.8, 4) is 0 Å². The van der Waals surface area contributed by atoms with E-state index in [4.69, 9.17) is 11.6 Å². The van der Waals surface area contributed by atoms with Gasteiger partial charge in [-0.2, -0.15) is 0 Å². The van der Waals surface area contributed by atoms with Gasteiger partial charge < -0.3 is 0 Å². The summed E-state index contributed by atoms with van der Waals surface area (Å²) < 4.78 is 2.29. The van der Waals surface area contributed by atoms with Crippen molar-refractivity contribution in [3.05, 3.63) is 62.5 Å². The average Bonchev–Trinajstić information content (AvgIpc) is 2.83. The first kappa shape index (κ1) is 14.5. The lowest BCUT2D eigenvalue weighted by Gasteiger charge is -2.11. The molecule has 0 fully saturated rings. The molecule has 0 N–H and O–H groups in total. The van der Waals surface area contributed by atoms with Crippen LogP contribution in [-0.2, 0) is 6.42 Å². The Hall–Kier alpha value is -0.420. The molecular weight excluding hydrogens is 422 g/mol. The van der Waals surface area contributed by atoms with E-state index in [2.05, 4.69) is 42.9 Å². The summed E-state index contributed by atoms with van der Waals surface area (Å²) in [5.74, 6) is 0. The summed E-state index contributed by atoms with van der Waals surface area (Å²) in [5.41, 5.74) is 2.22. The van der Waals surface area contributed by atoms with Gasteiger partial charge in [0.2, 0.25) is 0 Å². The van der Waals surface area contributed by atoms with Crippen LogP contribution in [0, 0.1) is 0 Å². The Morgan fingerprint density at radius 2 is 2.00 bits per heavy atom. The van der Waals surface area contributed by atoms with E-state index in [1.165, 1.54) is 4.70 Å². The number of hydrogen-bond acceptors (Lipinski definition) is 2. The molecule has 1 atom stereocenters. The Labute approximate surface area is 143 Å². The number of aromatic nitrogens is 1. The van der Waals surface area contributed by atoms with Gasteiger partial charge in [-0.1, -0.05) is 55.6 Å². The number of alkyl halides is 1. The molecule has 102 valence electrons. The van der Waals surface area contributed by atoms with Gasteiger partial charge in [0.15, 0.2) is 0 Å².